The topological polar surface area (TPSA) is 104 Å². The third-order valence-corrected chi connectivity index (χ3v) is 0.932. The number of hydrogen-bond acceptors (Lipinski definition) is 6. The normalized spacial score (nSPS) is 8.91. The van der Waals surface area contributed by atoms with E-state index in [4.69, 9.17) is 10.9 Å². The third kappa shape index (κ3) is 2.97. The molecule has 0 fully saturated rings. The maximum absolute atomic E-state index is 8.43. The Kier molecular flexibility index (Phi) is 5.03. The molecule has 0 saturated heterocycles. The maximum Gasteiger partial charge on any atom is 2.00 e. The molecule has 8 heteroatoms. The van der Waals surface area contributed by atoms with Crippen molar-refractivity contribution in [2.24, 2.45) is 5.84 Å². The van der Waals surface area contributed by atoms with Crippen molar-refractivity contribution in [2.45, 2.75) is 0 Å². The molecule has 0 atom stereocenters. The van der Waals surface area contributed by atoms with Crippen LogP contribution in [-0.4, -0.2) is 61.9 Å². The van der Waals surface area contributed by atoms with E-state index in [0.29, 0.717) is 6.54 Å². The van der Waals surface area contributed by atoms with E-state index in [0.717, 1.165) is 0 Å². The van der Waals surface area contributed by atoms with Crippen LogP contribution in [0.1, 0.15) is 2.85 Å². The summed E-state index contributed by atoms with van der Waals surface area (Å²) in [6.45, 7) is 0.255. The number of nitrogens with zero attached hydrogens (tertiary/aromatic N) is 4. The standard InChI is InChI=1S/C3H8N6O.Mg.2H/c4-9(1-2-10)3-5-7-8-6-3;;;/h10H,1-2,4H2,(H,5,6,7,8);;;/q;+2;2*-1. The van der Waals surface area contributed by atoms with E-state index in [9.17, 15) is 0 Å². The Bertz CT molecular complexity index is 186. The van der Waals surface area contributed by atoms with Crippen molar-refractivity contribution in [1.29, 1.82) is 0 Å². The number of hydrogen-bond donors (Lipinski definition) is 3. The summed E-state index contributed by atoms with van der Waals surface area (Å²) in [7, 11) is 0. The van der Waals surface area contributed by atoms with Gasteiger partial charge in [-0.15, -0.1) is 5.10 Å². The fourth-order valence-electron chi connectivity index (χ4n) is 0.486. The largest absolute Gasteiger partial charge is 2.00 e. The average molecular weight is 170 g/mol. The Morgan fingerprint density at radius 1 is 1.73 bits per heavy atom. The van der Waals surface area contributed by atoms with E-state index in [1.807, 2.05) is 0 Å². The first-order chi connectivity index (χ1) is 4.84. The van der Waals surface area contributed by atoms with Crippen LogP contribution in [0.4, 0.5) is 5.95 Å². The van der Waals surface area contributed by atoms with Gasteiger partial charge in [0.2, 0.25) is 0 Å². The van der Waals surface area contributed by atoms with E-state index < -0.39 is 0 Å². The van der Waals surface area contributed by atoms with Crippen molar-refractivity contribution in [1.82, 2.24) is 20.6 Å². The second kappa shape index (κ2) is 5.24. The fourth-order valence-corrected chi connectivity index (χ4v) is 0.486. The van der Waals surface area contributed by atoms with Crippen LogP contribution in [-0.2, 0) is 0 Å². The second-order valence-corrected chi connectivity index (χ2v) is 1.63. The molecular weight excluding hydrogens is 160 g/mol. The van der Waals surface area contributed by atoms with Gasteiger partial charge in [-0.25, -0.2) is 5.84 Å². The molecule has 0 unspecified atom stereocenters. The minimum atomic E-state index is -0.0367. The van der Waals surface area contributed by atoms with E-state index in [1.54, 1.807) is 0 Å². The molecule has 0 spiro atoms. The Morgan fingerprint density at radius 2 is 2.45 bits per heavy atom. The summed E-state index contributed by atoms with van der Waals surface area (Å²) in [5.41, 5.74) is 0. The van der Waals surface area contributed by atoms with Crippen LogP contribution in [0.15, 0.2) is 0 Å². The van der Waals surface area contributed by atoms with Gasteiger partial charge in [0.1, 0.15) is 0 Å². The van der Waals surface area contributed by atoms with Crippen molar-refractivity contribution < 1.29 is 7.96 Å². The van der Waals surface area contributed by atoms with Crippen LogP contribution in [0.3, 0.4) is 0 Å². The van der Waals surface area contributed by atoms with Crippen LogP contribution in [0.2, 0.25) is 0 Å². The number of nitrogens with one attached hydrogen (secondary N) is 1. The van der Waals surface area contributed by atoms with Gasteiger partial charge in [0.15, 0.2) is 0 Å². The smallest absolute Gasteiger partial charge is 1.00 e. The molecule has 1 aromatic heterocycles. The van der Waals surface area contributed by atoms with Gasteiger partial charge in [-0.05, 0) is 5.21 Å². The molecule has 1 rings (SSSR count). The molecule has 0 aliphatic carbocycles. The van der Waals surface area contributed by atoms with Gasteiger partial charge in [0.05, 0.1) is 13.2 Å². The number of tetrazole rings is 1. The Hall–Kier alpha value is -0.444. The first kappa shape index (κ1) is 10.6. The Balaban J connectivity index is -0.000000333. The number of nitrogens with two attached hydrogens (primary N) is 1. The number of aromatic amines is 1. The van der Waals surface area contributed by atoms with Crippen LogP contribution < -0.4 is 10.9 Å². The zero-order valence-corrected chi connectivity index (χ0v) is 7.35. The van der Waals surface area contributed by atoms with Crippen molar-refractivity contribution in [3.8, 4) is 0 Å². The summed E-state index contributed by atoms with van der Waals surface area (Å²) < 4.78 is 0. The van der Waals surface area contributed by atoms with Gasteiger partial charge in [0.25, 0.3) is 5.95 Å². The van der Waals surface area contributed by atoms with Crippen molar-refractivity contribution in [3.05, 3.63) is 0 Å². The maximum atomic E-state index is 8.43. The summed E-state index contributed by atoms with van der Waals surface area (Å²) in [6.07, 6.45) is 0. The first-order valence-electron chi connectivity index (χ1n) is 2.71. The number of hydrazine groups is 1. The van der Waals surface area contributed by atoms with Crippen molar-refractivity contribution in [3.63, 3.8) is 0 Å². The molecule has 0 aliphatic rings. The molecule has 11 heavy (non-hydrogen) atoms. The molecule has 0 aliphatic heterocycles. The minimum Gasteiger partial charge on any atom is -1.00 e. The fraction of sp³-hybridized carbons (Fsp3) is 0.667. The molecule has 0 radical (unpaired) electrons. The zero-order chi connectivity index (χ0) is 7.40. The van der Waals surface area contributed by atoms with Gasteiger partial charge in [-0.3, -0.25) is 5.01 Å². The third-order valence-electron chi connectivity index (χ3n) is 0.932. The average Bonchev–Trinajstić information content (AvgIpc) is 2.38. The monoisotopic (exact) mass is 170 g/mol. The van der Waals surface area contributed by atoms with Crippen molar-refractivity contribution in [2.75, 3.05) is 18.2 Å². The van der Waals surface area contributed by atoms with Gasteiger partial charge in [-0.2, -0.15) is 5.21 Å². The molecule has 1 aromatic rings. The predicted molar refractivity (Wildman–Crippen MR) is 40.8 cm³/mol. The molecule has 1 heterocycles. The van der Waals surface area contributed by atoms with Gasteiger partial charge in [0, 0.05) is 0 Å². The summed E-state index contributed by atoms with van der Waals surface area (Å²) in [4.78, 5) is 0. The molecule has 0 bridgehead atoms. The summed E-state index contributed by atoms with van der Waals surface area (Å²) in [5.74, 6) is 5.61. The van der Waals surface area contributed by atoms with Crippen LogP contribution in [0.25, 0.3) is 0 Å². The molecule has 7 nitrogen and oxygen atoms in total. The van der Waals surface area contributed by atoms with Crippen LogP contribution in [0, 0.1) is 0 Å². The van der Waals surface area contributed by atoms with E-state index in [-0.39, 0.29) is 38.5 Å². The number of aliphatic hydroxyl groups excluding tert-OH is 1. The first-order valence-corrected chi connectivity index (χ1v) is 2.71. The van der Waals surface area contributed by atoms with Gasteiger partial charge < -0.3 is 7.96 Å². The van der Waals surface area contributed by atoms with Crippen LogP contribution in [0.5, 0.6) is 0 Å². The van der Waals surface area contributed by atoms with Gasteiger partial charge >= 0.3 is 23.1 Å². The molecule has 4 N–H and O–H groups in total. The van der Waals surface area contributed by atoms with Crippen molar-refractivity contribution >= 4 is 29.0 Å². The quantitative estimate of drug-likeness (QED) is 0.268. The van der Waals surface area contributed by atoms with E-state index >= 15 is 0 Å². The predicted octanol–water partition coefficient (Wildman–Crippen LogP) is -2.28. The second-order valence-electron chi connectivity index (χ2n) is 1.63. The number of rotatable bonds is 3. The summed E-state index contributed by atoms with van der Waals surface area (Å²) >= 11 is 0. The minimum absolute atomic E-state index is 0. The molecule has 0 amide bonds. The molecule has 60 valence electrons. The Morgan fingerprint density at radius 3 is 2.91 bits per heavy atom. The molecular formula is C3H10MgN6O. The SMILES string of the molecule is NN(CCO)c1nn[nH]n1.[H-].[H-].[Mg+2]. The summed E-state index contributed by atoms with van der Waals surface area (Å²) in [6, 6.07) is 0. The van der Waals surface area contributed by atoms with Crippen LogP contribution >= 0.6 is 0 Å². The zero-order valence-electron chi connectivity index (χ0n) is 7.93. The number of aliphatic hydroxyl groups is 1. The number of anilines is 1. The Labute approximate surface area is 82.0 Å². The summed E-state index contributed by atoms with van der Waals surface area (Å²) in [5, 5.41) is 22.3. The van der Waals surface area contributed by atoms with Gasteiger partial charge in [-0.1, -0.05) is 5.10 Å². The number of aromatic nitrogens is 4. The molecule has 0 aromatic carbocycles. The number of H-pyrrole nitrogens is 1. The van der Waals surface area contributed by atoms with E-state index in [2.05, 4.69) is 20.6 Å². The van der Waals surface area contributed by atoms with E-state index in [1.165, 1.54) is 5.01 Å². The molecule has 0 saturated carbocycles.